The minimum absolute atomic E-state index is 0.00993. The molecule has 4 N–H and O–H groups in total. The molecule has 3 aromatic rings. The second-order valence-electron chi connectivity index (χ2n) is 7.94. The summed E-state index contributed by atoms with van der Waals surface area (Å²) in [4.78, 5) is 12.6. The van der Waals surface area contributed by atoms with Crippen LogP contribution in [0.1, 0.15) is 34.7 Å². The molecule has 0 aliphatic carbocycles. The van der Waals surface area contributed by atoms with Crippen molar-refractivity contribution in [3.05, 3.63) is 101 Å². The minimum Gasteiger partial charge on any atom is -0.493 e. The van der Waals surface area contributed by atoms with E-state index >= 15 is 0 Å². The number of ether oxygens (including phenoxy) is 2. The molecule has 0 atom stereocenters. The quantitative estimate of drug-likeness (QED) is 0.158. The SMILES string of the molecule is [CH2]COc1c(CCc2ccccc2)cc(CC)cc1CC(=O)OCNc1ccc(C(=N)N)cc1. The van der Waals surface area contributed by atoms with Crippen molar-refractivity contribution in [2.45, 2.75) is 32.6 Å². The van der Waals surface area contributed by atoms with E-state index < -0.39 is 0 Å². The lowest BCUT2D eigenvalue weighted by Crippen LogP contribution is -2.16. The van der Waals surface area contributed by atoms with E-state index in [0.717, 1.165) is 47.4 Å². The van der Waals surface area contributed by atoms with Crippen molar-refractivity contribution in [3.8, 4) is 5.75 Å². The number of benzene rings is 3. The standard InChI is InChI=1S/C28H32N3O3/c1-3-20-16-23(11-10-21-8-6-5-7-9-21)27(33-4-2)24(17-20)18-26(32)34-19-31-25-14-12-22(13-15-25)28(29)30/h5-9,12-17,31H,2-4,10-11,18-19H2,1H3,(H3,29,30). The summed E-state index contributed by atoms with van der Waals surface area (Å²) in [7, 11) is 0. The van der Waals surface area contributed by atoms with Crippen LogP contribution in [0, 0.1) is 12.3 Å². The highest BCUT2D eigenvalue weighted by Gasteiger charge is 2.16. The molecule has 34 heavy (non-hydrogen) atoms. The molecule has 0 aromatic heterocycles. The average molecular weight is 459 g/mol. The van der Waals surface area contributed by atoms with Crippen LogP contribution in [-0.4, -0.2) is 25.1 Å². The molecule has 0 aliphatic rings. The van der Waals surface area contributed by atoms with Crippen LogP contribution in [0.2, 0.25) is 0 Å². The third-order valence-electron chi connectivity index (χ3n) is 5.52. The number of nitrogens with one attached hydrogen (secondary N) is 2. The number of anilines is 1. The first-order chi connectivity index (χ1) is 16.5. The van der Waals surface area contributed by atoms with Gasteiger partial charge in [0.15, 0.2) is 6.73 Å². The van der Waals surface area contributed by atoms with Gasteiger partial charge in [-0.05, 0) is 67.1 Å². The molecule has 6 nitrogen and oxygen atoms in total. The van der Waals surface area contributed by atoms with Gasteiger partial charge in [0.1, 0.15) is 11.6 Å². The Hall–Kier alpha value is -3.80. The number of esters is 1. The van der Waals surface area contributed by atoms with Crippen LogP contribution in [0.15, 0.2) is 66.7 Å². The Morgan fingerprint density at radius 2 is 1.71 bits per heavy atom. The fourth-order valence-corrected chi connectivity index (χ4v) is 3.73. The summed E-state index contributed by atoms with van der Waals surface area (Å²) in [5, 5.41) is 10.5. The van der Waals surface area contributed by atoms with Crippen LogP contribution in [0.3, 0.4) is 0 Å². The van der Waals surface area contributed by atoms with Gasteiger partial charge in [0.05, 0.1) is 13.0 Å². The molecule has 0 amide bonds. The summed E-state index contributed by atoms with van der Waals surface area (Å²) >= 11 is 0. The van der Waals surface area contributed by atoms with E-state index in [1.54, 1.807) is 24.3 Å². The number of amidine groups is 1. The third kappa shape index (κ3) is 7.10. The lowest BCUT2D eigenvalue weighted by Gasteiger charge is -2.17. The largest absolute Gasteiger partial charge is 0.493 e. The van der Waals surface area contributed by atoms with Crippen molar-refractivity contribution in [1.29, 1.82) is 5.41 Å². The van der Waals surface area contributed by atoms with Crippen LogP contribution in [-0.2, 0) is 35.2 Å². The first-order valence-electron chi connectivity index (χ1n) is 11.4. The number of carbonyl (C=O) groups is 1. The Balaban J connectivity index is 1.66. The highest BCUT2D eigenvalue weighted by molar-refractivity contribution is 5.95. The van der Waals surface area contributed by atoms with Crippen LogP contribution >= 0.6 is 0 Å². The van der Waals surface area contributed by atoms with Gasteiger partial charge in [-0.3, -0.25) is 10.2 Å². The molecule has 0 unspecified atom stereocenters. The Labute approximate surface area is 201 Å². The minimum atomic E-state index is -0.343. The van der Waals surface area contributed by atoms with E-state index in [9.17, 15) is 4.79 Å². The first-order valence-corrected chi connectivity index (χ1v) is 11.4. The maximum absolute atomic E-state index is 12.6. The van der Waals surface area contributed by atoms with E-state index in [1.807, 2.05) is 24.3 Å². The maximum Gasteiger partial charge on any atom is 0.312 e. The number of hydrogen-bond donors (Lipinski definition) is 3. The number of hydrogen-bond acceptors (Lipinski definition) is 5. The molecule has 3 aromatic carbocycles. The molecule has 0 fully saturated rings. The van der Waals surface area contributed by atoms with Gasteiger partial charge in [0.25, 0.3) is 0 Å². The van der Waals surface area contributed by atoms with Gasteiger partial charge in [0.2, 0.25) is 0 Å². The van der Waals surface area contributed by atoms with E-state index in [2.05, 4.69) is 37.4 Å². The van der Waals surface area contributed by atoms with Crippen molar-refractivity contribution in [2.75, 3.05) is 18.7 Å². The smallest absolute Gasteiger partial charge is 0.312 e. The molecule has 0 aliphatic heterocycles. The zero-order valence-corrected chi connectivity index (χ0v) is 19.6. The Morgan fingerprint density at radius 3 is 2.35 bits per heavy atom. The number of carbonyl (C=O) groups excluding carboxylic acids is 1. The predicted molar refractivity (Wildman–Crippen MR) is 136 cm³/mol. The van der Waals surface area contributed by atoms with Crippen molar-refractivity contribution >= 4 is 17.5 Å². The van der Waals surface area contributed by atoms with Gasteiger partial charge in [-0.2, -0.15) is 0 Å². The van der Waals surface area contributed by atoms with Gasteiger partial charge in [0, 0.05) is 16.8 Å². The van der Waals surface area contributed by atoms with E-state index in [1.165, 1.54) is 5.56 Å². The Morgan fingerprint density at radius 1 is 1.00 bits per heavy atom. The van der Waals surface area contributed by atoms with E-state index in [-0.39, 0.29) is 31.6 Å². The fourth-order valence-electron chi connectivity index (χ4n) is 3.73. The van der Waals surface area contributed by atoms with Gasteiger partial charge in [-0.25, -0.2) is 0 Å². The number of aryl methyl sites for hydroxylation is 3. The van der Waals surface area contributed by atoms with Crippen molar-refractivity contribution in [3.63, 3.8) is 0 Å². The summed E-state index contributed by atoms with van der Waals surface area (Å²) in [6.07, 6.45) is 2.68. The highest BCUT2D eigenvalue weighted by atomic mass is 16.5. The van der Waals surface area contributed by atoms with Crippen LogP contribution in [0.25, 0.3) is 0 Å². The predicted octanol–water partition coefficient (Wildman–Crippen LogP) is 4.69. The molecule has 0 saturated heterocycles. The van der Waals surface area contributed by atoms with Crippen molar-refractivity contribution in [2.24, 2.45) is 5.73 Å². The molecule has 3 rings (SSSR count). The molecule has 0 spiro atoms. The second kappa shape index (κ2) is 12.4. The Bertz CT molecular complexity index is 1100. The summed E-state index contributed by atoms with van der Waals surface area (Å²) in [6.45, 7) is 6.25. The monoisotopic (exact) mass is 458 g/mol. The molecule has 177 valence electrons. The van der Waals surface area contributed by atoms with Crippen LogP contribution < -0.4 is 15.8 Å². The lowest BCUT2D eigenvalue weighted by atomic mass is 9.96. The van der Waals surface area contributed by atoms with Gasteiger partial charge >= 0.3 is 5.97 Å². The zero-order chi connectivity index (χ0) is 24.3. The van der Waals surface area contributed by atoms with E-state index in [0.29, 0.717) is 5.56 Å². The maximum atomic E-state index is 12.6. The number of nitrogens with two attached hydrogens (primary N) is 1. The summed E-state index contributed by atoms with van der Waals surface area (Å²) in [5.41, 5.74) is 11.2. The molecule has 6 heteroatoms. The Kier molecular flexibility index (Phi) is 9.09. The number of nitrogen functional groups attached to an aromatic ring is 1. The molecule has 1 radical (unpaired) electrons. The van der Waals surface area contributed by atoms with Crippen LogP contribution in [0.4, 0.5) is 5.69 Å². The third-order valence-corrected chi connectivity index (χ3v) is 5.52. The lowest BCUT2D eigenvalue weighted by molar-refractivity contribution is -0.142. The first kappa shape index (κ1) is 24.8. The molecule has 0 bridgehead atoms. The fraction of sp³-hybridized carbons (Fsp3) is 0.250. The molecule has 0 heterocycles. The zero-order valence-electron chi connectivity index (χ0n) is 19.6. The summed E-state index contributed by atoms with van der Waals surface area (Å²) in [5.74, 6) is 0.396. The average Bonchev–Trinajstić information content (AvgIpc) is 2.85. The topological polar surface area (TPSA) is 97.4 Å². The van der Waals surface area contributed by atoms with Gasteiger partial charge < -0.3 is 20.5 Å². The highest BCUT2D eigenvalue weighted by Crippen LogP contribution is 2.29. The van der Waals surface area contributed by atoms with Gasteiger partial charge in [-0.1, -0.05) is 49.4 Å². The molecule has 0 saturated carbocycles. The molecular formula is C28H32N3O3. The molecular weight excluding hydrogens is 426 g/mol. The normalized spacial score (nSPS) is 10.5. The number of rotatable bonds is 12. The summed E-state index contributed by atoms with van der Waals surface area (Å²) < 4.78 is 11.3. The summed E-state index contributed by atoms with van der Waals surface area (Å²) in [6, 6.07) is 21.6. The van der Waals surface area contributed by atoms with Crippen LogP contribution in [0.5, 0.6) is 5.75 Å². The van der Waals surface area contributed by atoms with E-state index in [4.69, 9.17) is 20.6 Å². The second-order valence-corrected chi connectivity index (χ2v) is 7.94. The van der Waals surface area contributed by atoms with Crippen molar-refractivity contribution in [1.82, 2.24) is 0 Å². The van der Waals surface area contributed by atoms with Gasteiger partial charge in [-0.15, -0.1) is 0 Å². The van der Waals surface area contributed by atoms with Crippen molar-refractivity contribution < 1.29 is 14.3 Å².